The van der Waals surface area contributed by atoms with Gasteiger partial charge in [0.05, 0.1) is 15.5 Å². The number of hydrogen-bond donors (Lipinski definition) is 1. The molecule has 0 aliphatic carbocycles. The van der Waals surface area contributed by atoms with Crippen LogP contribution in [-0.2, 0) is 26.2 Å². The summed E-state index contributed by atoms with van der Waals surface area (Å²) in [6.07, 6.45) is 0.695. The highest BCUT2D eigenvalue weighted by atomic mass is 32.2. The summed E-state index contributed by atoms with van der Waals surface area (Å²) in [7, 11) is -4.31. The van der Waals surface area contributed by atoms with Gasteiger partial charge in [-0.05, 0) is 51.0 Å². The SMILES string of the molecule is CC[C@H](C)NC(=O)[C@@H](C)N(Cc1ccc(C)cc1)C(=O)CN(c1cccc([N+](=O)[O-])c1)S(=O)(=O)c1ccccc1. The Bertz CT molecular complexity index is 1440. The number of anilines is 1. The molecule has 0 saturated heterocycles. The summed E-state index contributed by atoms with van der Waals surface area (Å²) in [5.41, 5.74) is 1.42. The van der Waals surface area contributed by atoms with Crippen LogP contribution >= 0.6 is 0 Å². The number of amides is 2. The average molecular weight is 567 g/mol. The molecular weight excluding hydrogens is 532 g/mol. The van der Waals surface area contributed by atoms with Crippen molar-refractivity contribution in [3.63, 3.8) is 0 Å². The number of benzene rings is 3. The van der Waals surface area contributed by atoms with Crippen molar-refractivity contribution in [1.82, 2.24) is 10.2 Å². The first-order valence-corrected chi connectivity index (χ1v) is 14.4. The van der Waals surface area contributed by atoms with Crippen molar-refractivity contribution in [2.75, 3.05) is 10.8 Å². The Morgan fingerprint density at radius 2 is 1.62 bits per heavy atom. The number of sulfonamides is 1. The summed E-state index contributed by atoms with van der Waals surface area (Å²) >= 11 is 0. The van der Waals surface area contributed by atoms with Gasteiger partial charge in [-0.25, -0.2) is 8.42 Å². The standard InChI is InChI=1S/C29H34N4O6S/c1-5-22(3)30-29(35)23(4)31(19-24-16-14-21(2)15-17-24)28(34)20-32(25-10-9-11-26(18-25)33(36)37)40(38,39)27-12-7-6-8-13-27/h6-18,22-23H,5,19-20H2,1-4H3,(H,30,35)/t22-,23+/m0/s1. The Morgan fingerprint density at radius 1 is 0.975 bits per heavy atom. The molecule has 10 nitrogen and oxygen atoms in total. The zero-order valence-electron chi connectivity index (χ0n) is 23.0. The minimum atomic E-state index is -4.31. The minimum absolute atomic E-state index is 0.0431. The first kappa shape index (κ1) is 30.3. The molecule has 3 aromatic carbocycles. The second kappa shape index (κ2) is 13.2. The van der Waals surface area contributed by atoms with E-state index >= 15 is 0 Å². The van der Waals surface area contributed by atoms with Crippen molar-refractivity contribution in [2.24, 2.45) is 0 Å². The van der Waals surface area contributed by atoms with Crippen LogP contribution in [0.15, 0.2) is 83.8 Å². The van der Waals surface area contributed by atoms with Crippen molar-refractivity contribution in [3.05, 3.63) is 100 Å². The molecule has 0 heterocycles. The molecular formula is C29H34N4O6S. The number of nitro benzene ring substituents is 1. The van der Waals surface area contributed by atoms with Crippen molar-refractivity contribution in [1.29, 1.82) is 0 Å². The summed E-state index contributed by atoms with van der Waals surface area (Å²) in [4.78, 5) is 39.0. The molecule has 0 radical (unpaired) electrons. The highest BCUT2D eigenvalue weighted by Gasteiger charge is 2.33. The van der Waals surface area contributed by atoms with Gasteiger partial charge in [-0.2, -0.15) is 0 Å². The normalized spacial score (nSPS) is 12.7. The molecule has 212 valence electrons. The van der Waals surface area contributed by atoms with Crippen LogP contribution in [0.5, 0.6) is 0 Å². The monoisotopic (exact) mass is 566 g/mol. The molecule has 0 aromatic heterocycles. The van der Waals surface area contributed by atoms with E-state index < -0.39 is 33.4 Å². The summed E-state index contributed by atoms with van der Waals surface area (Å²) in [6.45, 7) is 6.69. The predicted molar refractivity (Wildman–Crippen MR) is 153 cm³/mol. The number of carbonyl (C=O) groups excluding carboxylic acids is 2. The van der Waals surface area contributed by atoms with Gasteiger partial charge >= 0.3 is 0 Å². The van der Waals surface area contributed by atoms with Gasteiger partial charge in [0.25, 0.3) is 15.7 Å². The Morgan fingerprint density at radius 3 is 2.23 bits per heavy atom. The third-order valence-corrected chi connectivity index (χ3v) is 8.37. The smallest absolute Gasteiger partial charge is 0.271 e. The van der Waals surface area contributed by atoms with Crippen LogP contribution in [0.3, 0.4) is 0 Å². The van der Waals surface area contributed by atoms with Crippen molar-refractivity contribution in [3.8, 4) is 0 Å². The van der Waals surface area contributed by atoms with Gasteiger partial charge in [-0.3, -0.25) is 24.0 Å². The largest absolute Gasteiger partial charge is 0.352 e. The van der Waals surface area contributed by atoms with Crippen LogP contribution in [0.1, 0.15) is 38.3 Å². The van der Waals surface area contributed by atoms with Gasteiger partial charge in [-0.15, -0.1) is 0 Å². The molecule has 0 unspecified atom stereocenters. The van der Waals surface area contributed by atoms with E-state index in [2.05, 4.69) is 5.32 Å². The van der Waals surface area contributed by atoms with E-state index in [1.54, 1.807) is 25.1 Å². The molecule has 0 fully saturated rings. The van der Waals surface area contributed by atoms with E-state index in [4.69, 9.17) is 0 Å². The lowest BCUT2D eigenvalue weighted by atomic mass is 10.1. The van der Waals surface area contributed by atoms with Crippen LogP contribution < -0.4 is 9.62 Å². The van der Waals surface area contributed by atoms with Gasteiger partial charge in [0.2, 0.25) is 11.8 Å². The molecule has 3 aromatic rings. The number of rotatable bonds is 12. The molecule has 3 rings (SSSR count). The Kier molecular flexibility index (Phi) is 10.0. The van der Waals surface area contributed by atoms with Gasteiger partial charge in [0.15, 0.2) is 0 Å². The molecule has 0 spiro atoms. The average Bonchev–Trinajstić information content (AvgIpc) is 2.95. The Labute approximate surface area is 234 Å². The third kappa shape index (κ3) is 7.44. The van der Waals surface area contributed by atoms with Crippen LogP contribution in [0, 0.1) is 17.0 Å². The maximum absolute atomic E-state index is 13.9. The van der Waals surface area contributed by atoms with E-state index in [1.807, 2.05) is 45.0 Å². The van der Waals surface area contributed by atoms with E-state index in [0.29, 0.717) is 6.42 Å². The summed E-state index contributed by atoms with van der Waals surface area (Å²) in [5, 5.41) is 14.3. The number of nitro groups is 1. The molecule has 0 aliphatic rings. The summed E-state index contributed by atoms with van der Waals surface area (Å²) in [6, 6.07) is 19.0. The second-order valence-corrected chi connectivity index (χ2v) is 11.5. The first-order chi connectivity index (χ1) is 18.9. The minimum Gasteiger partial charge on any atom is -0.352 e. The lowest BCUT2D eigenvalue weighted by molar-refractivity contribution is -0.384. The van der Waals surface area contributed by atoms with Crippen molar-refractivity contribution in [2.45, 2.75) is 57.6 Å². The van der Waals surface area contributed by atoms with Crippen LogP contribution in [0.25, 0.3) is 0 Å². The molecule has 0 aliphatic heterocycles. The molecule has 2 amide bonds. The van der Waals surface area contributed by atoms with Crippen molar-refractivity contribution >= 4 is 33.2 Å². The highest BCUT2D eigenvalue weighted by molar-refractivity contribution is 7.92. The second-order valence-electron chi connectivity index (χ2n) is 9.60. The van der Waals surface area contributed by atoms with Crippen LogP contribution in [0.4, 0.5) is 11.4 Å². The van der Waals surface area contributed by atoms with Gasteiger partial charge in [0.1, 0.15) is 12.6 Å². The first-order valence-electron chi connectivity index (χ1n) is 12.9. The van der Waals surface area contributed by atoms with Crippen LogP contribution in [-0.4, -0.2) is 48.7 Å². The molecule has 40 heavy (non-hydrogen) atoms. The zero-order chi connectivity index (χ0) is 29.4. The van der Waals surface area contributed by atoms with Gasteiger partial charge < -0.3 is 10.2 Å². The lowest BCUT2D eigenvalue weighted by Crippen LogP contribution is -2.52. The van der Waals surface area contributed by atoms with Crippen molar-refractivity contribution < 1.29 is 22.9 Å². The summed E-state index contributed by atoms with van der Waals surface area (Å²) in [5.74, 6) is -1.01. The topological polar surface area (TPSA) is 130 Å². The van der Waals surface area contributed by atoms with Gasteiger partial charge in [0, 0.05) is 24.7 Å². The molecule has 11 heteroatoms. The molecule has 2 atom stereocenters. The number of hydrogen-bond acceptors (Lipinski definition) is 6. The van der Waals surface area contributed by atoms with Crippen LogP contribution in [0.2, 0.25) is 0 Å². The maximum Gasteiger partial charge on any atom is 0.271 e. The third-order valence-electron chi connectivity index (χ3n) is 6.58. The van der Waals surface area contributed by atoms with E-state index in [0.717, 1.165) is 21.5 Å². The van der Waals surface area contributed by atoms with E-state index in [1.165, 1.54) is 35.2 Å². The highest BCUT2D eigenvalue weighted by Crippen LogP contribution is 2.27. The fourth-order valence-corrected chi connectivity index (χ4v) is 5.38. The molecule has 0 saturated carbocycles. The van der Waals surface area contributed by atoms with E-state index in [9.17, 15) is 28.1 Å². The van der Waals surface area contributed by atoms with E-state index in [-0.39, 0.29) is 34.8 Å². The number of nitrogens with zero attached hydrogens (tertiary/aromatic N) is 3. The number of carbonyl (C=O) groups is 2. The molecule has 1 N–H and O–H groups in total. The zero-order valence-corrected chi connectivity index (χ0v) is 23.8. The number of nitrogens with one attached hydrogen (secondary N) is 1. The number of aryl methyl sites for hydroxylation is 1. The Balaban J connectivity index is 2.05. The maximum atomic E-state index is 13.9. The molecule has 0 bridgehead atoms. The number of non-ortho nitro benzene ring substituents is 1. The fraction of sp³-hybridized carbons (Fsp3) is 0.310. The lowest BCUT2D eigenvalue weighted by Gasteiger charge is -2.32. The Hall–Kier alpha value is -4.25. The fourth-order valence-electron chi connectivity index (χ4n) is 3.95. The summed E-state index contributed by atoms with van der Waals surface area (Å²) < 4.78 is 28.4. The van der Waals surface area contributed by atoms with Gasteiger partial charge in [-0.1, -0.05) is 61.0 Å². The predicted octanol–water partition coefficient (Wildman–Crippen LogP) is 4.43. The quantitative estimate of drug-likeness (QED) is 0.255.